The SMILES string of the molecule is CC1COCC(/C=C/c2cc(F)cc(F)c2)N1. The molecule has 0 radical (unpaired) electrons. The number of morpholine rings is 1. The van der Waals surface area contributed by atoms with E-state index in [0.717, 1.165) is 6.07 Å². The van der Waals surface area contributed by atoms with Crippen molar-refractivity contribution in [3.63, 3.8) is 0 Å². The highest BCUT2D eigenvalue weighted by atomic mass is 19.1. The van der Waals surface area contributed by atoms with Crippen LogP contribution in [0.5, 0.6) is 0 Å². The molecule has 0 bridgehead atoms. The van der Waals surface area contributed by atoms with Gasteiger partial charge in [-0.2, -0.15) is 0 Å². The predicted molar refractivity (Wildman–Crippen MR) is 62.6 cm³/mol. The lowest BCUT2D eigenvalue weighted by atomic mass is 10.1. The second-order valence-electron chi connectivity index (χ2n) is 4.27. The van der Waals surface area contributed by atoms with Crippen molar-refractivity contribution in [1.29, 1.82) is 0 Å². The first-order valence-corrected chi connectivity index (χ1v) is 5.61. The summed E-state index contributed by atoms with van der Waals surface area (Å²) in [5, 5.41) is 3.32. The molecule has 17 heavy (non-hydrogen) atoms. The van der Waals surface area contributed by atoms with Crippen molar-refractivity contribution in [2.75, 3.05) is 13.2 Å². The first-order valence-electron chi connectivity index (χ1n) is 5.61. The fourth-order valence-corrected chi connectivity index (χ4v) is 1.84. The zero-order valence-electron chi connectivity index (χ0n) is 9.62. The first kappa shape index (κ1) is 12.2. The molecule has 1 fully saturated rings. The average Bonchev–Trinajstić information content (AvgIpc) is 2.25. The molecule has 4 heteroatoms. The highest BCUT2D eigenvalue weighted by Crippen LogP contribution is 2.10. The van der Waals surface area contributed by atoms with Crippen LogP contribution in [0.3, 0.4) is 0 Å². The summed E-state index contributed by atoms with van der Waals surface area (Å²) < 4.78 is 31.3. The summed E-state index contributed by atoms with van der Waals surface area (Å²) in [7, 11) is 0. The topological polar surface area (TPSA) is 21.3 Å². The minimum Gasteiger partial charge on any atom is -0.378 e. The van der Waals surface area contributed by atoms with Gasteiger partial charge in [-0.1, -0.05) is 12.2 Å². The van der Waals surface area contributed by atoms with Crippen LogP contribution in [-0.4, -0.2) is 25.3 Å². The van der Waals surface area contributed by atoms with E-state index in [1.54, 1.807) is 6.08 Å². The molecule has 0 amide bonds. The third-order valence-electron chi connectivity index (χ3n) is 2.57. The number of nitrogens with one attached hydrogen (secondary N) is 1. The molecule has 92 valence electrons. The molecule has 2 unspecified atom stereocenters. The molecule has 1 N–H and O–H groups in total. The van der Waals surface area contributed by atoms with Crippen LogP contribution in [-0.2, 0) is 4.74 Å². The van der Waals surface area contributed by atoms with E-state index in [2.05, 4.69) is 5.32 Å². The highest BCUT2D eigenvalue weighted by molar-refractivity contribution is 5.50. The van der Waals surface area contributed by atoms with Crippen molar-refractivity contribution in [3.8, 4) is 0 Å². The van der Waals surface area contributed by atoms with Gasteiger partial charge in [-0.25, -0.2) is 8.78 Å². The molecule has 1 aliphatic rings. The van der Waals surface area contributed by atoms with E-state index in [1.165, 1.54) is 12.1 Å². The van der Waals surface area contributed by atoms with Crippen LogP contribution < -0.4 is 5.32 Å². The van der Waals surface area contributed by atoms with Crippen LogP contribution in [0.25, 0.3) is 6.08 Å². The molecule has 1 aliphatic heterocycles. The zero-order valence-corrected chi connectivity index (χ0v) is 9.62. The zero-order chi connectivity index (χ0) is 12.3. The maximum Gasteiger partial charge on any atom is 0.126 e. The minimum absolute atomic E-state index is 0.0880. The Labute approximate surface area is 99.3 Å². The summed E-state index contributed by atoms with van der Waals surface area (Å²) in [6.07, 6.45) is 3.56. The van der Waals surface area contributed by atoms with E-state index in [9.17, 15) is 8.78 Å². The molecule has 0 spiro atoms. The van der Waals surface area contributed by atoms with E-state index in [-0.39, 0.29) is 6.04 Å². The molecule has 0 aliphatic carbocycles. The van der Waals surface area contributed by atoms with Gasteiger partial charge in [0, 0.05) is 18.2 Å². The second-order valence-corrected chi connectivity index (χ2v) is 4.27. The largest absolute Gasteiger partial charge is 0.378 e. The van der Waals surface area contributed by atoms with Crippen molar-refractivity contribution in [3.05, 3.63) is 41.5 Å². The molecule has 1 aromatic rings. The van der Waals surface area contributed by atoms with E-state index < -0.39 is 11.6 Å². The van der Waals surface area contributed by atoms with Gasteiger partial charge in [0.15, 0.2) is 0 Å². The van der Waals surface area contributed by atoms with Crippen molar-refractivity contribution < 1.29 is 13.5 Å². The number of rotatable bonds is 2. The Morgan fingerprint density at radius 3 is 2.59 bits per heavy atom. The summed E-state index contributed by atoms with van der Waals surface area (Å²) in [6, 6.07) is 3.84. The number of hydrogen-bond acceptors (Lipinski definition) is 2. The second kappa shape index (κ2) is 5.38. The van der Waals surface area contributed by atoms with E-state index in [4.69, 9.17) is 4.74 Å². The van der Waals surface area contributed by atoms with Crippen LogP contribution in [0.4, 0.5) is 8.78 Å². The molecule has 2 atom stereocenters. The molecule has 2 nitrogen and oxygen atoms in total. The maximum atomic E-state index is 12.9. The number of halogens is 2. The lowest BCUT2D eigenvalue weighted by Gasteiger charge is -2.26. The number of hydrogen-bond donors (Lipinski definition) is 1. The summed E-state index contributed by atoms with van der Waals surface area (Å²) >= 11 is 0. The van der Waals surface area contributed by atoms with Crippen LogP contribution in [0.1, 0.15) is 12.5 Å². The van der Waals surface area contributed by atoms with Crippen LogP contribution >= 0.6 is 0 Å². The molecule has 1 heterocycles. The molecule has 2 rings (SSSR count). The Morgan fingerprint density at radius 2 is 1.94 bits per heavy atom. The smallest absolute Gasteiger partial charge is 0.126 e. The van der Waals surface area contributed by atoms with Crippen molar-refractivity contribution in [1.82, 2.24) is 5.32 Å². The van der Waals surface area contributed by atoms with Crippen molar-refractivity contribution in [2.45, 2.75) is 19.0 Å². The number of benzene rings is 1. The monoisotopic (exact) mass is 239 g/mol. The Kier molecular flexibility index (Phi) is 3.86. The van der Waals surface area contributed by atoms with Gasteiger partial charge in [0.2, 0.25) is 0 Å². The summed E-state index contributed by atoms with van der Waals surface area (Å²) in [5.74, 6) is -1.13. The Balaban J connectivity index is 2.04. The standard InChI is InChI=1S/C13H15F2NO/c1-9-7-17-8-13(16-9)3-2-10-4-11(14)6-12(15)5-10/h2-6,9,13,16H,7-8H2,1H3/b3-2+. The van der Waals surface area contributed by atoms with Gasteiger partial charge in [-0.3, -0.25) is 0 Å². The maximum absolute atomic E-state index is 12.9. The predicted octanol–water partition coefficient (Wildman–Crippen LogP) is 2.35. The molecule has 1 aromatic carbocycles. The minimum atomic E-state index is -0.564. The summed E-state index contributed by atoms with van der Waals surface area (Å²) in [4.78, 5) is 0. The lowest BCUT2D eigenvalue weighted by molar-refractivity contribution is 0.0637. The van der Waals surface area contributed by atoms with Gasteiger partial charge in [0.1, 0.15) is 11.6 Å². The Hall–Kier alpha value is -1.26. The van der Waals surface area contributed by atoms with Gasteiger partial charge in [-0.05, 0) is 24.6 Å². The number of ether oxygens (including phenoxy) is 1. The highest BCUT2D eigenvalue weighted by Gasteiger charge is 2.15. The Morgan fingerprint density at radius 1 is 1.24 bits per heavy atom. The quantitative estimate of drug-likeness (QED) is 0.855. The van der Waals surface area contributed by atoms with Crippen molar-refractivity contribution in [2.24, 2.45) is 0 Å². The van der Waals surface area contributed by atoms with E-state index >= 15 is 0 Å². The van der Waals surface area contributed by atoms with E-state index in [0.29, 0.717) is 24.8 Å². The molecule has 0 aromatic heterocycles. The van der Waals surface area contributed by atoms with Gasteiger partial charge in [0.25, 0.3) is 0 Å². The van der Waals surface area contributed by atoms with Crippen LogP contribution in [0.15, 0.2) is 24.3 Å². The lowest BCUT2D eigenvalue weighted by Crippen LogP contribution is -2.46. The average molecular weight is 239 g/mol. The van der Waals surface area contributed by atoms with Gasteiger partial charge in [0.05, 0.1) is 13.2 Å². The van der Waals surface area contributed by atoms with Gasteiger partial charge in [-0.15, -0.1) is 0 Å². The van der Waals surface area contributed by atoms with Crippen molar-refractivity contribution >= 4 is 6.08 Å². The Bertz CT molecular complexity index is 400. The molecule has 1 saturated heterocycles. The molecular formula is C13H15F2NO. The summed E-state index contributed by atoms with van der Waals surface area (Å²) in [6.45, 7) is 3.30. The first-order chi connectivity index (χ1) is 8.13. The molecular weight excluding hydrogens is 224 g/mol. The fourth-order valence-electron chi connectivity index (χ4n) is 1.84. The summed E-state index contributed by atoms with van der Waals surface area (Å²) in [5.41, 5.74) is 0.516. The van der Waals surface area contributed by atoms with Crippen LogP contribution in [0.2, 0.25) is 0 Å². The van der Waals surface area contributed by atoms with Gasteiger partial charge >= 0.3 is 0 Å². The third-order valence-corrected chi connectivity index (χ3v) is 2.57. The molecule has 0 saturated carbocycles. The van der Waals surface area contributed by atoms with Gasteiger partial charge < -0.3 is 10.1 Å². The fraction of sp³-hybridized carbons (Fsp3) is 0.385. The third kappa shape index (κ3) is 3.61. The van der Waals surface area contributed by atoms with Crippen LogP contribution in [0, 0.1) is 11.6 Å². The normalized spacial score (nSPS) is 25.4. The van der Waals surface area contributed by atoms with E-state index in [1.807, 2.05) is 13.0 Å².